The lowest BCUT2D eigenvalue weighted by atomic mass is 10.1. The molecule has 0 aliphatic rings. The van der Waals surface area contributed by atoms with Gasteiger partial charge < -0.3 is 0 Å². The van der Waals surface area contributed by atoms with E-state index in [1.165, 1.54) is 12.1 Å². The summed E-state index contributed by atoms with van der Waals surface area (Å²) >= 11 is 0. The van der Waals surface area contributed by atoms with Gasteiger partial charge in [0.05, 0.1) is 4.90 Å². The summed E-state index contributed by atoms with van der Waals surface area (Å²) in [6.07, 6.45) is 1.91. The number of hydrogen-bond acceptors (Lipinski definition) is 2. The molecule has 0 saturated heterocycles. The molecule has 0 N–H and O–H groups in total. The van der Waals surface area contributed by atoms with Gasteiger partial charge in [0.25, 0.3) is 0 Å². The lowest BCUT2D eigenvalue weighted by molar-refractivity contribution is 0.414. The number of benzene rings is 1. The van der Waals surface area contributed by atoms with Crippen LogP contribution in [0.3, 0.4) is 0 Å². The highest BCUT2D eigenvalue weighted by Crippen LogP contribution is 2.11. The quantitative estimate of drug-likeness (QED) is 0.744. The molecule has 0 amide bonds. The molecule has 0 aromatic heterocycles. The second kappa shape index (κ2) is 3.89. The summed E-state index contributed by atoms with van der Waals surface area (Å²) in [5, 5.41) is 0. The molecule has 0 spiro atoms. The van der Waals surface area contributed by atoms with E-state index in [1.807, 2.05) is 6.92 Å². The van der Waals surface area contributed by atoms with Crippen molar-refractivity contribution in [3.05, 3.63) is 29.8 Å². The van der Waals surface area contributed by atoms with Gasteiger partial charge in [0.2, 0.25) is 0 Å². The molecule has 0 aliphatic carbocycles. The van der Waals surface area contributed by atoms with Gasteiger partial charge >= 0.3 is 10.1 Å². The number of aryl methyl sites for hydroxylation is 1. The van der Waals surface area contributed by atoms with Crippen LogP contribution in [0.15, 0.2) is 29.2 Å². The summed E-state index contributed by atoms with van der Waals surface area (Å²) in [7, 11) is -4.28. The molecule has 0 heterocycles. The lowest BCUT2D eigenvalue weighted by Gasteiger charge is -1.98. The first-order chi connectivity index (χ1) is 6.04. The molecule has 0 unspecified atom stereocenters. The maximum absolute atomic E-state index is 10.5. The van der Waals surface area contributed by atoms with Crippen LogP contribution in [0.4, 0.5) is 0 Å². The summed E-state index contributed by atoms with van der Waals surface area (Å²) in [6, 6.07) is 6.06. The van der Waals surface area contributed by atoms with Crippen LogP contribution < -0.4 is 0 Å². The molecule has 0 fully saturated rings. The Morgan fingerprint density at radius 3 is 2.08 bits per heavy atom. The van der Waals surface area contributed by atoms with Crippen molar-refractivity contribution in [1.82, 2.24) is 0 Å². The van der Waals surface area contributed by atoms with Crippen molar-refractivity contribution in [3.8, 4) is 0 Å². The standard InChI is InChI=1S/C9H11O3S/c1-2-3-8-4-6-9(7-5-8)13(10,11)12/h4-7H,2-3H2,1H3. The average Bonchev–Trinajstić information content (AvgIpc) is 2.04. The van der Waals surface area contributed by atoms with E-state index >= 15 is 0 Å². The van der Waals surface area contributed by atoms with Gasteiger partial charge in [0, 0.05) is 0 Å². The molecule has 13 heavy (non-hydrogen) atoms. The normalized spacial score (nSPS) is 11.5. The SMILES string of the molecule is CCCc1ccc(S([O])(=O)=O)cc1. The van der Waals surface area contributed by atoms with Gasteiger partial charge in [-0.05, 0) is 24.1 Å². The topological polar surface area (TPSA) is 54.0 Å². The van der Waals surface area contributed by atoms with E-state index in [2.05, 4.69) is 0 Å². The Bertz CT molecular complexity index is 364. The molecule has 0 bridgehead atoms. The number of rotatable bonds is 3. The third-order valence-electron chi connectivity index (χ3n) is 1.75. The second-order valence-electron chi connectivity index (χ2n) is 2.85. The maximum atomic E-state index is 10.5. The van der Waals surface area contributed by atoms with E-state index in [-0.39, 0.29) is 4.90 Å². The molecule has 3 nitrogen and oxygen atoms in total. The summed E-state index contributed by atoms with van der Waals surface area (Å²) in [4.78, 5) is -0.160. The van der Waals surface area contributed by atoms with Crippen LogP contribution in [0.5, 0.6) is 0 Å². The molecule has 1 radical (unpaired) electrons. The smallest absolute Gasteiger partial charge is 0.192 e. The van der Waals surface area contributed by atoms with E-state index in [0.717, 1.165) is 18.4 Å². The van der Waals surface area contributed by atoms with Crippen molar-refractivity contribution in [3.63, 3.8) is 0 Å². The highest BCUT2D eigenvalue weighted by atomic mass is 32.2. The van der Waals surface area contributed by atoms with Gasteiger partial charge in [0.15, 0.2) is 0 Å². The highest BCUT2D eigenvalue weighted by molar-refractivity contribution is 7.85. The van der Waals surface area contributed by atoms with Gasteiger partial charge in [-0.15, -0.1) is 0 Å². The molecule has 0 saturated carbocycles. The van der Waals surface area contributed by atoms with Crippen LogP contribution in [-0.4, -0.2) is 8.42 Å². The van der Waals surface area contributed by atoms with Crippen molar-refractivity contribution in [2.24, 2.45) is 0 Å². The van der Waals surface area contributed by atoms with Gasteiger partial charge in [-0.1, -0.05) is 30.0 Å². The summed E-state index contributed by atoms with van der Waals surface area (Å²) in [6.45, 7) is 2.04. The van der Waals surface area contributed by atoms with E-state index < -0.39 is 10.1 Å². The van der Waals surface area contributed by atoms with E-state index in [4.69, 9.17) is 0 Å². The van der Waals surface area contributed by atoms with Crippen LogP contribution in [0, 0.1) is 0 Å². The van der Waals surface area contributed by atoms with Crippen molar-refractivity contribution >= 4 is 10.1 Å². The molecular weight excluding hydrogens is 188 g/mol. The minimum Gasteiger partial charge on any atom is -0.192 e. The minimum atomic E-state index is -4.28. The zero-order valence-electron chi connectivity index (χ0n) is 7.36. The zero-order chi connectivity index (χ0) is 9.90. The molecule has 0 atom stereocenters. The van der Waals surface area contributed by atoms with Crippen LogP contribution in [0.1, 0.15) is 18.9 Å². The molecular formula is C9H11O3S. The Morgan fingerprint density at radius 2 is 1.69 bits per heavy atom. The molecule has 4 heteroatoms. The van der Waals surface area contributed by atoms with Crippen molar-refractivity contribution in [1.29, 1.82) is 0 Å². The first kappa shape index (κ1) is 10.2. The van der Waals surface area contributed by atoms with Crippen molar-refractivity contribution < 1.29 is 13.0 Å². The summed E-state index contributed by atoms with van der Waals surface area (Å²) in [5.41, 5.74) is 1.05. The monoisotopic (exact) mass is 199 g/mol. The van der Waals surface area contributed by atoms with Gasteiger partial charge in [-0.2, -0.15) is 8.42 Å². The summed E-state index contributed by atoms with van der Waals surface area (Å²) < 4.78 is 31.6. The van der Waals surface area contributed by atoms with Crippen LogP contribution >= 0.6 is 0 Å². The Kier molecular flexibility index (Phi) is 3.06. The fourth-order valence-electron chi connectivity index (χ4n) is 1.11. The average molecular weight is 199 g/mol. The third-order valence-corrected chi connectivity index (χ3v) is 2.60. The lowest BCUT2D eigenvalue weighted by Crippen LogP contribution is -1.95. The Labute approximate surface area is 78.2 Å². The fourth-order valence-corrected chi connectivity index (χ4v) is 1.58. The van der Waals surface area contributed by atoms with Gasteiger partial charge in [-0.3, -0.25) is 0 Å². The van der Waals surface area contributed by atoms with E-state index in [9.17, 15) is 13.0 Å². The first-order valence-corrected chi connectivity index (χ1v) is 5.49. The molecule has 1 rings (SSSR count). The van der Waals surface area contributed by atoms with Gasteiger partial charge in [0.1, 0.15) is 0 Å². The van der Waals surface area contributed by atoms with Crippen molar-refractivity contribution in [2.75, 3.05) is 0 Å². The maximum Gasteiger partial charge on any atom is 0.324 e. The Balaban J connectivity index is 2.94. The first-order valence-electron chi connectivity index (χ1n) is 4.09. The van der Waals surface area contributed by atoms with Crippen LogP contribution in [-0.2, 0) is 21.1 Å². The summed E-state index contributed by atoms with van der Waals surface area (Å²) in [5.74, 6) is 0. The van der Waals surface area contributed by atoms with E-state index in [0.29, 0.717) is 0 Å². The van der Waals surface area contributed by atoms with Crippen molar-refractivity contribution in [2.45, 2.75) is 24.7 Å². The largest absolute Gasteiger partial charge is 0.324 e. The third kappa shape index (κ3) is 2.82. The second-order valence-corrected chi connectivity index (χ2v) is 4.23. The minimum absolute atomic E-state index is 0.160. The number of hydrogen-bond donors (Lipinski definition) is 0. The molecule has 71 valence electrons. The van der Waals surface area contributed by atoms with Crippen LogP contribution in [0.25, 0.3) is 0 Å². The highest BCUT2D eigenvalue weighted by Gasteiger charge is 2.09. The fraction of sp³-hybridized carbons (Fsp3) is 0.333. The Morgan fingerprint density at radius 1 is 1.15 bits per heavy atom. The predicted molar refractivity (Wildman–Crippen MR) is 48.3 cm³/mol. The molecule has 1 aromatic carbocycles. The Hall–Kier alpha value is -0.870. The predicted octanol–water partition coefficient (Wildman–Crippen LogP) is 1.76. The van der Waals surface area contributed by atoms with Gasteiger partial charge in [-0.25, -0.2) is 0 Å². The van der Waals surface area contributed by atoms with E-state index in [1.54, 1.807) is 12.1 Å². The molecule has 1 aromatic rings. The van der Waals surface area contributed by atoms with Crippen LogP contribution in [0.2, 0.25) is 0 Å². The molecule has 0 aliphatic heterocycles. The zero-order valence-corrected chi connectivity index (χ0v) is 8.17.